The first-order chi connectivity index (χ1) is 11.1. The Balaban J connectivity index is 1.64. The normalized spacial score (nSPS) is 29.0. The number of carbonyl (C=O) groups is 1. The number of aliphatic hydroxyl groups is 1. The van der Waals surface area contributed by atoms with E-state index in [0.717, 1.165) is 17.7 Å². The van der Waals surface area contributed by atoms with Crippen molar-refractivity contribution in [3.8, 4) is 5.75 Å². The van der Waals surface area contributed by atoms with Gasteiger partial charge >= 0.3 is 0 Å². The first-order valence-corrected chi connectivity index (χ1v) is 8.73. The van der Waals surface area contributed by atoms with E-state index >= 15 is 0 Å². The predicted octanol–water partition coefficient (Wildman–Crippen LogP) is 2.54. The SMILES string of the molecule is CC(C)Oc1ccccc1CC(=O)NC1C2CCC(C2)C1CO. The molecule has 2 bridgehead atoms. The van der Waals surface area contributed by atoms with Gasteiger partial charge in [0.15, 0.2) is 0 Å². The number of benzene rings is 1. The fraction of sp³-hybridized carbons (Fsp3) is 0.632. The van der Waals surface area contributed by atoms with Crippen molar-refractivity contribution in [1.82, 2.24) is 5.32 Å². The summed E-state index contributed by atoms with van der Waals surface area (Å²) in [4.78, 5) is 12.5. The molecule has 0 aromatic heterocycles. The van der Waals surface area contributed by atoms with E-state index in [4.69, 9.17) is 4.74 Å². The first kappa shape index (κ1) is 16.3. The van der Waals surface area contributed by atoms with Crippen LogP contribution in [0.3, 0.4) is 0 Å². The summed E-state index contributed by atoms with van der Waals surface area (Å²) >= 11 is 0. The van der Waals surface area contributed by atoms with Crippen LogP contribution in [0.4, 0.5) is 0 Å². The molecular weight excluding hydrogens is 290 g/mol. The highest BCUT2D eigenvalue weighted by Gasteiger charge is 2.47. The van der Waals surface area contributed by atoms with Crippen molar-refractivity contribution in [1.29, 1.82) is 0 Å². The third-order valence-electron chi connectivity index (χ3n) is 5.31. The van der Waals surface area contributed by atoms with Crippen LogP contribution in [0.15, 0.2) is 24.3 Å². The van der Waals surface area contributed by atoms with Crippen molar-refractivity contribution in [3.05, 3.63) is 29.8 Å². The lowest BCUT2D eigenvalue weighted by molar-refractivity contribution is -0.122. The molecule has 2 aliphatic carbocycles. The molecule has 0 spiro atoms. The Kier molecular flexibility index (Phi) is 4.90. The lowest BCUT2D eigenvalue weighted by Gasteiger charge is -2.30. The molecule has 2 fully saturated rings. The lowest BCUT2D eigenvalue weighted by Crippen LogP contribution is -2.45. The molecule has 1 amide bonds. The summed E-state index contributed by atoms with van der Waals surface area (Å²) in [5, 5.41) is 12.8. The Labute approximate surface area is 138 Å². The van der Waals surface area contributed by atoms with Gasteiger partial charge in [0.2, 0.25) is 5.91 Å². The number of ether oxygens (including phenoxy) is 1. The molecule has 3 rings (SSSR count). The summed E-state index contributed by atoms with van der Waals surface area (Å²) in [5.74, 6) is 2.18. The van der Waals surface area contributed by atoms with Gasteiger partial charge in [0, 0.05) is 24.1 Å². The summed E-state index contributed by atoms with van der Waals surface area (Å²) in [6.07, 6.45) is 3.95. The third-order valence-corrected chi connectivity index (χ3v) is 5.31. The van der Waals surface area contributed by atoms with Gasteiger partial charge in [-0.1, -0.05) is 18.2 Å². The zero-order valence-corrected chi connectivity index (χ0v) is 14.0. The minimum Gasteiger partial charge on any atom is -0.491 e. The second kappa shape index (κ2) is 6.91. The van der Waals surface area contributed by atoms with E-state index in [1.54, 1.807) is 0 Å². The van der Waals surface area contributed by atoms with Gasteiger partial charge in [0.1, 0.15) is 5.75 Å². The maximum atomic E-state index is 12.5. The third kappa shape index (κ3) is 3.52. The van der Waals surface area contributed by atoms with Crippen LogP contribution in [-0.2, 0) is 11.2 Å². The molecule has 2 N–H and O–H groups in total. The highest BCUT2D eigenvalue weighted by Crippen LogP contribution is 2.48. The fourth-order valence-electron chi connectivity index (χ4n) is 4.33. The minimum atomic E-state index is 0.0285. The molecule has 23 heavy (non-hydrogen) atoms. The molecule has 1 aromatic carbocycles. The highest BCUT2D eigenvalue weighted by atomic mass is 16.5. The maximum Gasteiger partial charge on any atom is 0.224 e. The Morgan fingerprint density at radius 1 is 1.30 bits per heavy atom. The predicted molar refractivity (Wildman–Crippen MR) is 89.2 cm³/mol. The molecule has 0 saturated heterocycles. The molecule has 4 heteroatoms. The van der Waals surface area contributed by atoms with E-state index in [0.29, 0.717) is 18.3 Å². The summed E-state index contributed by atoms with van der Waals surface area (Å²) in [5.41, 5.74) is 0.919. The van der Waals surface area contributed by atoms with E-state index in [2.05, 4.69) is 5.32 Å². The largest absolute Gasteiger partial charge is 0.491 e. The number of para-hydroxylation sites is 1. The van der Waals surface area contributed by atoms with Crippen molar-refractivity contribution < 1.29 is 14.6 Å². The van der Waals surface area contributed by atoms with Crippen LogP contribution >= 0.6 is 0 Å². The van der Waals surface area contributed by atoms with Gasteiger partial charge in [-0.3, -0.25) is 4.79 Å². The Morgan fingerprint density at radius 2 is 2.04 bits per heavy atom. The lowest BCUT2D eigenvalue weighted by atomic mass is 9.85. The van der Waals surface area contributed by atoms with E-state index in [-0.39, 0.29) is 30.6 Å². The molecule has 2 saturated carbocycles. The van der Waals surface area contributed by atoms with Gasteiger partial charge in [-0.05, 0) is 51.0 Å². The average Bonchev–Trinajstić information content (AvgIpc) is 3.09. The van der Waals surface area contributed by atoms with Crippen LogP contribution in [0.5, 0.6) is 5.75 Å². The zero-order chi connectivity index (χ0) is 16.4. The fourth-order valence-corrected chi connectivity index (χ4v) is 4.33. The minimum absolute atomic E-state index is 0.0285. The van der Waals surface area contributed by atoms with Crippen molar-refractivity contribution >= 4 is 5.91 Å². The molecule has 0 heterocycles. The van der Waals surface area contributed by atoms with Crippen molar-refractivity contribution in [3.63, 3.8) is 0 Å². The first-order valence-electron chi connectivity index (χ1n) is 8.73. The van der Waals surface area contributed by atoms with E-state index in [9.17, 15) is 9.90 Å². The number of hydrogen-bond acceptors (Lipinski definition) is 3. The summed E-state index contributed by atoms with van der Waals surface area (Å²) in [6.45, 7) is 4.15. The van der Waals surface area contributed by atoms with Gasteiger partial charge in [-0.2, -0.15) is 0 Å². The highest BCUT2D eigenvalue weighted by molar-refractivity contribution is 5.79. The molecule has 0 radical (unpaired) electrons. The molecule has 4 nitrogen and oxygen atoms in total. The maximum absolute atomic E-state index is 12.5. The monoisotopic (exact) mass is 317 g/mol. The van der Waals surface area contributed by atoms with Gasteiger partial charge in [0.05, 0.1) is 12.5 Å². The number of hydrogen-bond donors (Lipinski definition) is 2. The van der Waals surface area contributed by atoms with E-state index < -0.39 is 0 Å². The van der Waals surface area contributed by atoms with Gasteiger partial charge in [-0.15, -0.1) is 0 Å². The van der Waals surface area contributed by atoms with Crippen molar-refractivity contribution in [2.45, 2.75) is 51.7 Å². The molecule has 1 aromatic rings. The number of nitrogens with one attached hydrogen (secondary N) is 1. The smallest absolute Gasteiger partial charge is 0.224 e. The van der Waals surface area contributed by atoms with Crippen LogP contribution in [0.25, 0.3) is 0 Å². The summed E-state index contributed by atoms with van der Waals surface area (Å²) in [7, 11) is 0. The van der Waals surface area contributed by atoms with Crippen LogP contribution in [0.1, 0.15) is 38.7 Å². The van der Waals surface area contributed by atoms with Crippen LogP contribution < -0.4 is 10.1 Å². The molecule has 126 valence electrons. The number of aliphatic hydroxyl groups excluding tert-OH is 1. The molecule has 4 atom stereocenters. The second-order valence-electron chi connectivity index (χ2n) is 7.22. The van der Waals surface area contributed by atoms with E-state index in [1.165, 1.54) is 12.8 Å². The number of carbonyl (C=O) groups excluding carboxylic acids is 1. The molecule has 4 unspecified atom stereocenters. The van der Waals surface area contributed by atoms with Crippen LogP contribution in [0.2, 0.25) is 0 Å². The average molecular weight is 317 g/mol. The standard InChI is InChI=1S/C19H27NO3/c1-12(2)23-17-6-4-3-5-14(17)10-18(22)20-19-15-8-7-13(9-15)16(19)11-21/h3-6,12-13,15-16,19,21H,7-11H2,1-2H3,(H,20,22). The topological polar surface area (TPSA) is 58.6 Å². The number of rotatable bonds is 6. The van der Waals surface area contributed by atoms with Gasteiger partial charge in [0.25, 0.3) is 0 Å². The Bertz CT molecular complexity index is 557. The van der Waals surface area contributed by atoms with Crippen molar-refractivity contribution in [2.24, 2.45) is 17.8 Å². The Morgan fingerprint density at radius 3 is 2.78 bits per heavy atom. The number of amides is 1. The van der Waals surface area contributed by atoms with Gasteiger partial charge in [-0.25, -0.2) is 0 Å². The summed E-state index contributed by atoms with van der Waals surface area (Å²) in [6, 6.07) is 7.86. The van der Waals surface area contributed by atoms with Gasteiger partial charge < -0.3 is 15.2 Å². The zero-order valence-electron chi connectivity index (χ0n) is 14.0. The van der Waals surface area contributed by atoms with E-state index in [1.807, 2.05) is 38.1 Å². The molecule has 2 aliphatic rings. The quantitative estimate of drug-likeness (QED) is 0.848. The van der Waals surface area contributed by atoms with Crippen LogP contribution in [0, 0.1) is 17.8 Å². The number of fused-ring (bicyclic) bond motifs is 2. The van der Waals surface area contributed by atoms with Crippen molar-refractivity contribution in [2.75, 3.05) is 6.61 Å². The van der Waals surface area contributed by atoms with Crippen LogP contribution in [-0.4, -0.2) is 29.8 Å². The molecular formula is C19H27NO3. The summed E-state index contributed by atoms with van der Waals surface area (Å²) < 4.78 is 5.79. The Hall–Kier alpha value is -1.55. The second-order valence-corrected chi connectivity index (χ2v) is 7.22. The molecule has 0 aliphatic heterocycles.